The molecule has 2 saturated heterocycles. The van der Waals surface area contributed by atoms with E-state index in [2.05, 4.69) is 22.3 Å². The van der Waals surface area contributed by atoms with Crippen LogP contribution in [0, 0.1) is 12.8 Å². The van der Waals surface area contributed by atoms with Crippen molar-refractivity contribution in [1.29, 1.82) is 0 Å². The summed E-state index contributed by atoms with van der Waals surface area (Å²) in [6, 6.07) is 13.3. The number of rotatable bonds is 5. The van der Waals surface area contributed by atoms with Crippen molar-refractivity contribution in [3.63, 3.8) is 0 Å². The van der Waals surface area contributed by atoms with Gasteiger partial charge in [0.05, 0.1) is 24.3 Å². The van der Waals surface area contributed by atoms with Crippen molar-refractivity contribution in [2.75, 3.05) is 37.7 Å². The molecule has 33 heavy (non-hydrogen) atoms. The Bertz CT molecular complexity index is 1160. The number of anilines is 1. The van der Waals surface area contributed by atoms with Gasteiger partial charge in [-0.1, -0.05) is 18.2 Å². The minimum atomic E-state index is -0.381. The number of fused-ring (bicyclic) bond motifs is 1. The summed E-state index contributed by atoms with van der Waals surface area (Å²) in [7, 11) is 0. The number of phenolic OH excluding ortho intramolecular Hbond substituents is 1. The van der Waals surface area contributed by atoms with Crippen molar-refractivity contribution < 1.29 is 19.4 Å². The highest BCUT2D eigenvalue weighted by Gasteiger charge is 2.27. The number of aromatic hydroxyl groups is 1. The summed E-state index contributed by atoms with van der Waals surface area (Å²) in [4.78, 5) is 24.0. The number of ether oxygens (including phenoxy) is 2. The van der Waals surface area contributed by atoms with Gasteiger partial charge in [-0.25, -0.2) is 14.8 Å². The predicted octanol–water partition coefficient (Wildman–Crippen LogP) is 3.65. The van der Waals surface area contributed by atoms with E-state index in [0.717, 1.165) is 48.2 Å². The fraction of sp³-hybridized carbons (Fsp3) is 0.400. The first-order chi connectivity index (χ1) is 16.1. The average Bonchev–Trinajstić information content (AvgIpc) is 3.49. The Hall–Kier alpha value is -3.39. The summed E-state index contributed by atoms with van der Waals surface area (Å²) >= 11 is 0. The van der Waals surface area contributed by atoms with Crippen LogP contribution in [-0.4, -0.2) is 60.1 Å². The second kappa shape index (κ2) is 9.23. The number of benzene rings is 2. The molecule has 0 radical (unpaired) electrons. The van der Waals surface area contributed by atoms with Gasteiger partial charge in [0, 0.05) is 31.4 Å². The number of hydrogen-bond donors (Lipinski definition) is 2. The number of nitrogens with zero attached hydrogens (tertiary/aromatic N) is 3. The first-order valence-corrected chi connectivity index (χ1v) is 11.4. The molecule has 0 unspecified atom stereocenters. The first-order valence-electron chi connectivity index (χ1n) is 11.4. The zero-order valence-electron chi connectivity index (χ0n) is 18.7. The lowest BCUT2D eigenvalue weighted by Gasteiger charge is -2.21. The molecule has 8 heteroatoms. The third-order valence-corrected chi connectivity index (χ3v) is 6.26. The maximum Gasteiger partial charge on any atom is 0.407 e. The highest BCUT2D eigenvalue weighted by molar-refractivity contribution is 5.92. The maximum absolute atomic E-state index is 12.1. The fourth-order valence-corrected chi connectivity index (χ4v) is 4.47. The van der Waals surface area contributed by atoms with Gasteiger partial charge < -0.3 is 24.8 Å². The molecule has 0 bridgehead atoms. The molecule has 3 aromatic rings. The Morgan fingerprint density at radius 2 is 2.12 bits per heavy atom. The van der Waals surface area contributed by atoms with E-state index in [4.69, 9.17) is 19.4 Å². The number of carbonyl (C=O) groups is 1. The molecule has 5 rings (SSSR count). The number of hydrogen-bond acceptors (Lipinski definition) is 7. The number of aromatic nitrogens is 2. The molecule has 2 aliphatic rings. The Morgan fingerprint density at radius 3 is 2.94 bits per heavy atom. The van der Waals surface area contributed by atoms with Gasteiger partial charge in [-0.3, -0.25) is 0 Å². The second-order valence-electron chi connectivity index (χ2n) is 8.78. The van der Waals surface area contributed by atoms with Crippen LogP contribution >= 0.6 is 0 Å². The molecule has 0 spiro atoms. The van der Waals surface area contributed by atoms with Crippen molar-refractivity contribution >= 4 is 22.8 Å². The van der Waals surface area contributed by atoms with Crippen LogP contribution < -0.4 is 10.2 Å². The van der Waals surface area contributed by atoms with Gasteiger partial charge >= 0.3 is 6.09 Å². The largest absolute Gasteiger partial charge is 0.507 e. The Kier molecular flexibility index (Phi) is 6.00. The summed E-state index contributed by atoms with van der Waals surface area (Å²) < 4.78 is 10.6. The Morgan fingerprint density at radius 1 is 1.24 bits per heavy atom. The van der Waals surface area contributed by atoms with E-state index in [1.165, 1.54) is 0 Å². The minimum Gasteiger partial charge on any atom is -0.507 e. The van der Waals surface area contributed by atoms with Crippen molar-refractivity contribution in [3.05, 3.63) is 48.0 Å². The number of alkyl carbamates (subject to hydrolysis) is 1. The fourth-order valence-electron chi connectivity index (χ4n) is 4.47. The van der Waals surface area contributed by atoms with E-state index in [1.807, 2.05) is 25.1 Å². The average molecular weight is 449 g/mol. The van der Waals surface area contributed by atoms with E-state index < -0.39 is 0 Å². The molecule has 2 aromatic carbocycles. The zero-order valence-corrected chi connectivity index (χ0v) is 18.7. The molecule has 0 saturated carbocycles. The van der Waals surface area contributed by atoms with Gasteiger partial charge in [0.1, 0.15) is 17.7 Å². The smallest absolute Gasteiger partial charge is 0.407 e. The minimum absolute atomic E-state index is 0.145. The molecule has 8 nitrogen and oxygen atoms in total. The van der Waals surface area contributed by atoms with Crippen LogP contribution in [0.25, 0.3) is 22.3 Å². The lowest BCUT2D eigenvalue weighted by molar-refractivity contribution is 0.0825. The van der Waals surface area contributed by atoms with Crippen LogP contribution in [0.2, 0.25) is 0 Å². The molecule has 2 aliphatic heterocycles. The lowest BCUT2D eigenvalue weighted by atomic mass is 10.1. The molecule has 0 aliphatic carbocycles. The molecule has 1 amide bonds. The number of phenols is 1. The SMILES string of the molecule is Cc1ccc2c(N3CC[C@H](CNC(=O)O[C@@H]4CCOC4)C3)nc(-c3ccccc3O)nc2c1. The van der Waals surface area contributed by atoms with Crippen LogP contribution in [0.4, 0.5) is 10.6 Å². The predicted molar refractivity (Wildman–Crippen MR) is 125 cm³/mol. The number of amides is 1. The Balaban J connectivity index is 1.34. The van der Waals surface area contributed by atoms with Gasteiger partial charge in [-0.2, -0.15) is 0 Å². The van der Waals surface area contributed by atoms with Crippen LogP contribution in [0.5, 0.6) is 5.75 Å². The summed E-state index contributed by atoms with van der Waals surface area (Å²) in [6.45, 7) is 5.31. The third kappa shape index (κ3) is 4.71. The summed E-state index contributed by atoms with van der Waals surface area (Å²) in [6.07, 6.45) is 1.17. The lowest BCUT2D eigenvalue weighted by Crippen LogP contribution is -2.34. The van der Waals surface area contributed by atoms with Crippen molar-refractivity contribution in [1.82, 2.24) is 15.3 Å². The first kappa shape index (κ1) is 21.5. The van der Waals surface area contributed by atoms with E-state index in [0.29, 0.717) is 37.1 Å². The summed E-state index contributed by atoms with van der Waals surface area (Å²) in [5.74, 6) is 1.81. The number of aryl methyl sites for hydroxylation is 1. The molecule has 172 valence electrons. The van der Waals surface area contributed by atoms with Crippen LogP contribution in [0.15, 0.2) is 42.5 Å². The van der Waals surface area contributed by atoms with E-state index in [9.17, 15) is 9.90 Å². The normalized spacial score (nSPS) is 20.3. The highest BCUT2D eigenvalue weighted by atomic mass is 16.6. The molecular weight excluding hydrogens is 420 g/mol. The van der Waals surface area contributed by atoms with Crippen LogP contribution in [0.3, 0.4) is 0 Å². The van der Waals surface area contributed by atoms with Gasteiger partial charge in [-0.15, -0.1) is 0 Å². The van der Waals surface area contributed by atoms with E-state index in [1.54, 1.807) is 12.1 Å². The van der Waals surface area contributed by atoms with E-state index >= 15 is 0 Å². The summed E-state index contributed by atoms with van der Waals surface area (Å²) in [5, 5.41) is 14.2. The third-order valence-electron chi connectivity index (χ3n) is 6.26. The van der Waals surface area contributed by atoms with Gasteiger partial charge in [0.2, 0.25) is 0 Å². The monoisotopic (exact) mass is 448 g/mol. The highest BCUT2D eigenvalue weighted by Crippen LogP contribution is 2.33. The van der Waals surface area contributed by atoms with Gasteiger partial charge in [0.15, 0.2) is 5.82 Å². The second-order valence-corrected chi connectivity index (χ2v) is 8.78. The number of carbonyl (C=O) groups excluding carboxylic acids is 1. The standard InChI is InChI=1S/C25H28N4O4/c1-16-6-7-19-21(12-16)27-23(20-4-2-3-5-22(20)30)28-24(19)29-10-8-17(14-29)13-26-25(31)33-18-9-11-32-15-18/h2-7,12,17-18,30H,8-11,13-15H2,1H3,(H,26,31)/t17-,18-/m1/s1. The van der Waals surface area contributed by atoms with Crippen molar-refractivity contribution in [2.45, 2.75) is 25.9 Å². The van der Waals surface area contributed by atoms with Crippen molar-refractivity contribution in [3.8, 4) is 17.1 Å². The molecule has 3 heterocycles. The Labute approximate surface area is 192 Å². The van der Waals surface area contributed by atoms with Crippen LogP contribution in [-0.2, 0) is 9.47 Å². The maximum atomic E-state index is 12.1. The topological polar surface area (TPSA) is 96.8 Å². The van der Waals surface area contributed by atoms with Gasteiger partial charge in [-0.05, 0) is 49.1 Å². The molecule has 1 aromatic heterocycles. The quantitative estimate of drug-likeness (QED) is 0.615. The molecule has 2 atom stereocenters. The molecule has 2 N–H and O–H groups in total. The number of para-hydroxylation sites is 1. The van der Waals surface area contributed by atoms with Crippen molar-refractivity contribution in [2.24, 2.45) is 5.92 Å². The molecule has 2 fully saturated rings. The number of nitrogens with one attached hydrogen (secondary N) is 1. The van der Waals surface area contributed by atoms with Gasteiger partial charge in [0.25, 0.3) is 0 Å². The zero-order chi connectivity index (χ0) is 22.8. The summed E-state index contributed by atoms with van der Waals surface area (Å²) in [5.41, 5.74) is 2.57. The molecular formula is C25H28N4O4. The van der Waals surface area contributed by atoms with E-state index in [-0.39, 0.29) is 17.9 Å². The van der Waals surface area contributed by atoms with Crippen LogP contribution in [0.1, 0.15) is 18.4 Å².